The van der Waals surface area contributed by atoms with Crippen LogP contribution in [0.15, 0.2) is 23.2 Å². The molecule has 1 unspecified atom stereocenters. The highest BCUT2D eigenvalue weighted by Crippen LogP contribution is 2.09. The molecule has 0 saturated heterocycles. The Bertz CT molecular complexity index is 523. The molecule has 0 radical (unpaired) electrons. The van der Waals surface area contributed by atoms with Gasteiger partial charge in [-0.1, -0.05) is 13.8 Å². The molecule has 0 heterocycles. The van der Waals surface area contributed by atoms with Gasteiger partial charge in [0.25, 0.3) is 0 Å². The van der Waals surface area contributed by atoms with E-state index in [2.05, 4.69) is 36.4 Å². The van der Waals surface area contributed by atoms with Gasteiger partial charge in [-0.25, -0.2) is 4.39 Å². The van der Waals surface area contributed by atoms with Crippen LogP contribution >= 0.6 is 24.0 Å². The molecule has 0 amide bonds. The van der Waals surface area contributed by atoms with Gasteiger partial charge in [-0.3, -0.25) is 4.99 Å². The summed E-state index contributed by atoms with van der Waals surface area (Å²) < 4.78 is 13.6. The Hall–Kier alpha value is -1.36. The van der Waals surface area contributed by atoms with E-state index in [1.807, 2.05) is 6.07 Å². The van der Waals surface area contributed by atoms with E-state index >= 15 is 0 Å². The standard InChI is InChI=1S/C15H21FN4.HI/c1-10(2)11(3)20-15(18-4)19-9-13-7-12(8-17)5-6-14(13)16;/h5-7,10-11H,9H2,1-4H3,(H2,18,19,20);1H. The summed E-state index contributed by atoms with van der Waals surface area (Å²) >= 11 is 0. The zero-order valence-corrected chi connectivity index (χ0v) is 15.1. The average Bonchev–Trinajstić information content (AvgIpc) is 2.44. The van der Waals surface area contributed by atoms with Gasteiger partial charge in [0, 0.05) is 25.2 Å². The Kier molecular flexibility index (Phi) is 8.93. The Morgan fingerprint density at radius 3 is 2.57 bits per heavy atom. The lowest BCUT2D eigenvalue weighted by molar-refractivity contribution is 0.480. The summed E-state index contributed by atoms with van der Waals surface area (Å²) in [5, 5.41) is 15.1. The summed E-state index contributed by atoms with van der Waals surface area (Å²) in [7, 11) is 1.67. The predicted molar refractivity (Wildman–Crippen MR) is 94.2 cm³/mol. The van der Waals surface area contributed by atoms with Gasteiger partial charge in [-0.2, -0.15) is 5.26 Å². The molecule has 2 N–H and O–H groups in total. The number of benzene rings is 1. The van der Waals surface area contributed by atoms with Crippen LogP contribution in [0.5, 0.6) is 0 Å². The fourth-order valence-corrected chi connectivity index (χ4v) is 1.54. The van der Waals surface area contributed by atoms with E-state index in [1.54, 1.807) is 13.1 Å². The van der Waals surface area contributed by atoms with Crippen LogP contribution in [-0.2, 0) is 6.54 Å². The van der Waals surface area contributed by atoms with Gasteiger partial charge in [-0.15, -0.1) is 24.0 Å². The number of nitrogens with one attached hydrogen (secondary N) is 2. The third-order valence-electron chi connectivity index (χ3n) is 3.21. The second kappa shape index (κ2) is 9.55. The lowest BCUT2D eigenvalue weighted by Crippen LogP contribution is -2.44. The van der Waals surface area contributed by atoms with E-state index in [9.17, 15) is 4.39 Å². The van der Waals surface area contributed by atoms with Crippen molar-refractivity contribution >= 4 is 29.9 Å². The molecule has 0 aliphatic heterocycles. The number of nitriles is 1. The van der Waals surface area contributed by atoms with Gasteiger partial charge in [0.05, 0.1) is 11.6 Å². The third kappa shape index (κ3) is 6.29. The second-order valence-corrected chi connectivity index (χ2v) is 5.02. The van der Waals surface area contributed by atoms with Crippen molar-refractivity contribution in [2.45, 2.75) is 33.4 Å². The first kappa shape index (κ1) is 19.6. The molecule has 0 aromatic heterocycles. The van der Waals surface area contributed by atoms with Crippen LogP contribution < -0.4 is 10.6 Å². The predicted octanol–water partition coefficient (Wildman–Crippen LogP) is 3.02. The van der Waals surface area contributed by atoms with Gasteiger partial charge in [0.15, 0.2) is 5.96 Å². The minimum Gasteiger partial charge on any atom is -0.354 e. The minimum absolute atomic E-state index is 0. The SMILES string of the molecule is CN=C(NCc1cc(C#N)ccc1F)NC(C)C(C)C.I. The lowest BCUT2D eigenvalue weighted by Gasteiger charge is -2.20. The summed E-state index contributed by atoms with van der Waals surface area (Å²) in [6.07, 6.45) is 0. The molecule has 0 fully saturated rings. The number of guanidine groups is 1. The van der Waals surface area contributed by atoms with E-state index in [1.165, 1.54) is 12.1 Å². The lowest BCUT2D eigenvalue weighted by atomic mass is 10.1. The van der Waals surface area contributed by atoms with Gasteiger partial charge in [0.1, 0.15) is 5.82 Å². The third-order valence-corrected chi connectivity index (χ3v) is 3.21. The van der Waals surface area contributed by atoms with Crippen LogP contribution in [0.2, 0.25) is 0 Å². The summed E-state index contributed by atoms with van der Waals surface area (Å²) in [5.74, 6) is 0.754. The van der Waals surface area contributed by atoms with Crippen LogP contribution in [-0.4, -0.2) is 19.0 Å². The number of nitrogens with zero attached hydrogens (tertiary/aromatic N) is 2. The van der Waals surface area contributed by atoms with Gasteiger partial charge >= 0.3 is 0 Å². The molecular formula is C15H22FIN4. The van der Waals surface area contributed by atoms with Crippen LogP contribution in [0.1, 0.15) is 31.9 Å². The molecule has 0 bridgehead atoms. The molecule has 6 heteroatoms. The van der Waals surface area contributed by atoms with Crippen molar-refractivity contribution in [3.05, 3.63) is 35.1 Å². The minimum atomic E-state index is -0.330. The summed E-state index contributed by atoms with van der Waals surface area (Å²) in [4.78, 5) is 4.10. The molecule has 1 aromatic carbocycles. The summed E-state index contributed by atoms with van der Waals surface area (Å²) in [6, 6.07) is 6.58. The maximum absolute atomic E-state index is 13.6. The first-order chi connectivity index (χ1) is 9.47. The van der Waals surface area contributed by atoms with E-state index < -0.39 is 0 Å². The number of hydrogen-bond donors (Lipinski definition) is 2. The fraction of sp³-hybridized carbons (Fsp3) is 0.467. The maximum Gasteiger partial charge on any atom is 0.191 e. The Labute approximate surface area is 142 Å². The normalized spacial score (nSPS) is 12.3. The quantitative estimate of drug-likeness (QED) is 0.461. The molecule has 1 rings (SSSR count). The van der Waals surface area contributed by atoms with Crippen molar-refractivity contribution in [2.75, 3.05) is 7.05 Å². The van der Waals surface area contributed by atoms with Crippen molar-refractivity contribution in [1.29, 1.82) is 5.26 Å². The van der Waals surface area contributed by atoms with Crippen molar-refractivity contribution in [2.24, 2.45) is 10.9 Å². The first-order valence-electron chi connectivity index (χ1n) is 6.63. The average molecular weight is 404 g/mol. The van der Waals surface area contributed by atoms with Gasteiger partial charge in [-0.05, 0) is 31.0 Å². The highest BCUT2D eigenvalue weighted by molar-refractivity contribution is 14.0. The van der Waals surface area contributed by atoms with E-state index in [0.29, 0.717) is 23.0 Å². The Balaban J connectivity index is 0.00000400. The highest BCUT2D eigenvalue weighted by atomic mass is 127. The van der Waals surface area contributed by atoms with E-state index in [-0.39, 0.29) is 42.4 Å². The van der Waals surface area contributed by atoms with E-state index in [4.69, 9.17) is 5.26 Å². The second-order valence-electron chi connectivity index (χ2n) is 5.02. The smallest absolute Gasteiger partial charge is 0.191 e. The van der Waals surface area contributed by atoms with Crippen molar-refractivity contribution in [3.8, 4) is 6.07 Å². The molecule has 21 heavy (non-hydrogen) atoms. The van der Waals surface area contributed by atoms with Crippen LogP contribution in [0.25, 0.3) is 0 Å². The van der Waals surface area contributed by atoms with Crippen molar-refractivity contribution in [3.63, 3.8) is 0 Å². The molecule has 0 aliphatic carbocycles. The fourth-order valence-electron chi connectivity index (χ4n) is 1.54. The van der Waals surface area contributed by atoms with Crippen LogP contribution in [0.4, 0.5) is 4.39 Å². The van der Waals surface area contributed by atoms with Crippen molar-refractivity contribution in [1.82, 2.24) is 10.6 Å². The number of aliphatic imine (C=N–C) groups is 1. The number of rotatable bonds is 4. The summed E-state index contributed by atoms with van der Waals surface area (Å²) in [5.41, 5.74) is 0.894. The zero-order chi connectivity index (χ0) is 15.1. The monoisotopic (exact) mass is 404 g/mol. The highest BCUT2D eigenvalue weighted by Gasteiger charge is 2.10. The Morgan fingerprint density at radius 2 is 2.05 bits per heavy atom. The Morgan fingerprint density at radius 1 is 1.38 bits per heavy atom. The topological polar surface area (TPSA) is 60.2 Å². The number of halogens is 2. The molecule has 0 aliphatic rings. The first-order valence-corrected chi connectivity index (χ1v) is 6.63. The zero-order valence-electron chi connectivity index (χ0n) is 12.8. The molecular weight excluding hydrogens is 382 g/mol. The van der Waals surface area contributed by atoms with Crippen molar-refractivity contribution < 1.29 is 4.39 Å². The largest absolute Gasteiger partial charge is 0.354 e. The molecule has 1 aromatic rings. The van der Waals surface area contributed by atoms with E-state index in [0.717, 1.165) is 0 Å². The van der Waals surface area contributed by atoms with Crippen LogP contribution in [0, 0.1) is 23.1 Å². The van der Waals surface area contributed by atoms with Gasteiger partial charge < -0.3 is 10.6 Å². The molecule has 0 saturated carbocycles. The maximum atomic E-state index is 13.6. The summed E-state index contributed by atoms with van der Waals surface area (Å²) in [6.45, 7) is 6.57. The van der Waals surface area contributed by atoms with Gasteiger partial charge in [0.2, 0.25) is 0 Å². The molecule has 116 valence electrons. The number of hydrogen-bond acceptors (Lipinski definition) is 2. The van der Waals surface area contributed by atoms with Crippen LogP contribution in [0.3, 0.4) is 0 Å². The molecule has 1 atom stereocenters. The molecule has 0 spiro atoms. The molecule has 4 nitrogen and oxygen atoms in total.